The van der Waals surface area contributed by atoms with Crippen molar-refractivity contribution in [2.24, 2.45) is 44.1 Å². The fourth-order valence-electron chi connectivity index (χ4n) is 4.86. The number of hydrogen-bond acceptors (Lipinski definition) is 7. The maximum Gasteiger partial charge on any atom is 0.243 e. The van der Waals surface area contributed by atoms with Gasteiger partial charge in [0.1, 0.15) is 24.0 Å². The average Bonchev–Trinajstić information content (AvgIpc) is 3.04. The smallest absolute Gasteiger partial charge is 0.243 e. The van der Waals surface area contributed by atoms with Gasteiger partial charge >= 0.3 is 0 Å². The van der Waals surface area contributed by atoms with E-state index >= 15 is 0 Å². The van der Waals surface area contributed by atoms with Gasteiger partial charge in [-0.05, 0) is 42.2 Å². The van der Waals surface area contributed by atoms with Crippen molar-refractivity contribution < 1.29 is 19.2 Å². The summed E-state index contributed by atoms with van der Waals surface area (Å²) >= 11 is 0. The van der Waals surface area contributed by atoms with E-state index in [0.29, 0.717) is 18.4 Å². The molecule has 0 aliphatic carbocycles. The number of nitrogens with two attached hydrogens (primary N) is 5. The SMILES string of the molecule is CC(C)(C)[C@H](NC(=O)[C@H](CCCN=C(N)N)NC(=O)Cc1ccccc1)C(=O)N[C@@H](CCCN=C(N)N)C(=O)NCc1ccc(C(=N)N)cc1. The molecule has 0 aliphatic rings. The second-order valence-corrected chi connectivity index (χ2v) is 12.9. The van der Waals surface area contributed by atoms with Gasteiger partial charge in [-0.1, -0.05) is 75.4 Å². The van der Waals surface area contributed by atoms with E-state index in [9.17, 15) is 19.2 Å². The largest absolute Gasteiger partial charge is 0.384 e. The number of rotatable bonds is 19. The minimum atomic E-state index is -1.09. The lowest BCUT2D eigenvalue weighted by molar-refractivity contribution is -0.136. The molecule has 0 heterocycles. The third kappa shape index (κ3) is 15.0. The molecule has 16 heteroatoms. The molecule has 3 atom stereocenters. The molecule has 0 spiro atoms. The van der Waals surface area contributed by atoms with Gasteiger partial charge in [-0.3, -0.25) is 34.6 Å². The van der Waals surface area contributed by atoms with Crippen molar-refractivity contribution in [2.75, 3.05) is 13.1 Å². The highest BCUT2D eigenvalue weighted by Crippen LogP contribution is 2.20. The van der Waals surface area contributed by atoms with E-state index in [2.05, 4.69) is 31.3 Å². The van der Waals surface area contributed by atoms with Gasteiger partial charge in [0.15, 0.2) is 11.9 Å². The number of carbonyl (C=O) groups is 4. The van der Waals surface area contributed by atoms with Gasteiger partial charge in [-0.2, -0.15) is 0 Å². The van der Waals surface area contributed by atoms with Gasteiger partial charge in [0.05, 0.1) is 6.42 Å². The van der Waals surface area contributed by atoms with Gasteiger partial charge in [0.2, 0.25) is 23.6 Å². The topological polar surface area (TPSA) is 295 Å². The van der Waals surface area contributed by atoms with Crippen LogP contribution in [0.15, 0.2) is 64.6 Å². The van der Waals surface area contributed by atoms with Crippen LogP contribution in [0.3, 0.4) is 0 Å². The minimum Gasteiger partial charge on any atom is -0.384 e. The molecule has 50 heavy (non-hydrogen) atoms. The number of carbonyl (C=O) groups excluding carboxylic acids is 4. The molecular weight excluding hydrogens is 640 g/mol. The molecule has 15 N–H and O–H groups in total. The van der Waals surface area contributed by atoms with Crippen LogP contribution in [0, 0.1) is 10.8 Å². The van der Waals surface area contributed by atoms with Gasteiger partial charge < -0.3 is 49.9 Å². The molecule has 0 aliphatic heterocycles. The van der Waals surface area contributed by atoms with Gasteiger partial charge in [-0.25, -0.2) is 0 Å². The molecular formula is C34H52N12O4. The van der Waals surface area contributed by atoms with E-state index in [0.717, 1.165) is 11.1 Å². The van der Waals surface area contributed by atoms with E-state index in [1.807, 2.05) is 18.2 Å². The van der Waals surface area contributed by atoms with Crippen molar-refractivity contribution in [3.63, 3.8) is 0 Å². The van der Waals surface area contributed by atoms with E-state index in [-0.39, 0.29) is 62.6 Å². The first-order chi connectivity index (χ1) is 23.6. The highest BCUT2D eigenvalue weighted by Gasteiger charge is 2.36. The second kappa shape index (κ2) is 20.0. The number of amides is 4. The van der Waals surface area contributed by atoms with Gasteiger partial charge in [-0.15, -0.1) is 0 Å². The molecule has 272 valence electrons. The molecule has 0 unspecified atom stereocenters. The van der Waals surface area contributed by atoms with Gasteiger partial charge in [0.25, 0.3) is 0 Å². The van der Waals surface area contributed by atoms with E-state index < -0.39 is 41.3 Å². The number of nitrogens with one attached hydrogen (secondary N) is 5. The number of nitrogen functional groups attached to an aromatic ring is 1. The number of nitrogens with zero attached hydrogens (tertiary/aromatic N) is 2. The molecule has 2 aromatic carbocycles. The normalized spacial score (nSPS) is 12.7. The maximum absolute atomic E-state index is 13.8. The number of hydrogen-bond donors (Lipinski definition) is 10. The molecule has 0 radical (unpaired) electrons. The molecule has 2 aromatic rings. The van der Waals surface area contributed by atoms with Crippen LogP contribution in [0.4, 0.5) is 0 Å². The maximum atomic E-state index is 13.8. The van der Waals surface area contributed by atoms with Crippen molar-refractivity contribution in [1.82, 2.24) is 21.3 Å². The Morgan fingerprint density at radius 3 is 1.74 bits per heavy atom. The van der Waals surface area contributed by atoms with Crippen LogP contribution in [0.2, 0.25) is 0 Å². The molecule has 2 rings (SSSR count). The van der Waals surface area contributed by atoms with Crippen LogP contribution < -0.4 is 49.9 Å². The summed E-state index contributed by atoms with van der Waals surface area (Å²) in [7, 11) is 0. The molecule has 0 saturated carbocycles. The zero-order valence-electron chi connectivity index (χ0n) is 29.0. The summed E-state index contributed by atoms with van der Waals surface area (Å²) in [6, 6.07) is 12.8. The highest BCUT2D eigenvalue weighted by atomic mass is 16.2. The third-order valence-corrected chi connectivity index (χ3v) is 7.53. The monoisotopic (exact) mass is 692 g/mol. The summed E-state index contributed by atoms with van der Waals surface area (Å²) in [6.45, 7) is 5.95. The Kier molecular flexibility index (Phi) is 16.2. The van der Waals surface area contributed by atoms with Crippen LogP contribution in [0.1, 0.15) is 63.1 Å². The second-order valence-electron chi connectivity index (χ2n) is 12.9. The Morgan fingerprint density at radius 1 is 0.700 bits per heavy atom. The number of aliphatic imine (C=N–C) groups is 2. The first-order valence-electron chi connectivity index (χ1n) is 16.3. The lowest BCUT2D eigenvalue weighted by atomic mass is 9.85. The van der Waals surface area contributed by atoms with Crippen LogP contribution in [-0.2, 0) is 32.1 Å². The summed E-state index contributed by atoms with van der Waals surface area (Å²) in [5.74, 6) is -2.25. The number of amidine groups is 1. The van der Waals surface area contributed by atoms with Gasteiger partial charge in [0, 0.05) is 25.2 Å². The Hall–Kier alpha value is -5.67. The Bertz CT molecular complexity index is 1500. The van der Waals surface area contributed by atoms with Crippen molar-refractivity contribution in [2.45, 2.75) is 77.5 Å². The zero-order chi connectivity index (χ0) is 37.3. The lowest BCUT2D eigenvalue weighted by Crippen LogP contribution is -2.60. The summed E-state index contributed by atoms with van der Waals surface area (Å²) in [5.41, 5.74) is 28.6. The highest BCUT2D eigenvalue weighted by molar-refractivity contribution is 5.95. The minimum absolute atomic E-state index is 0.0548. The van der Waals surface area contributed by atoms with E-state index in [1.54, 1.807) is 57.2 Å². The molecule has 4 amide bonds. The average molecular weight is 693 g/mol. The van der Waals surface area contributed by atoms with E-state index in [1.165, 1.54) is 0 Å². The third-order valence-electron chi connectivity index (χ3n) is 7.53. The molecule has 0 fully saturated rings. The van der Waals surface area contributed by atoms with Crippen molar-refractivity contribution in [1.29, 1.82) is 5.41 Å². The van der Waals surface area contributed by atoms with Crippen LogP contribution in [0.5, 0.6) is 0 Å². The standard InChI is InChI=1S/C34H52N12O4/c1-34(2,3)27(46-30(49)25(12-8-18-42-33(39)40)44-26(47)19-21-9-5-4-6-10-21)31(50)45-24(11-7-17-41-32(37)38)29(48)43-20-22-13-15-23(16-14-22)28(35)36/h4-6,9-10,13-16,24-25,27H,7-8,11-12,17-20H2,1-3H3,(H3,35,36)(H,43,48)(H,44,47)(H,45,50)(H,46,49)(H4,37,38,41)(H4,39,40,42)/t24-,25-,27+/m0/s1. The van der Waals surface area contributed by atoms with Crippen molar-refractivity contribution in [3.05, 3.63) is 71.3 Å². The predicted octanol–water partition coefficient (Wildman–Crippen LogP) is -0.563. The zero-order valence-corrected chi connectivity index (χ0v) is 29.0. The number of guanidine groups is 2. The summed E-state index contributed by atoms with van der Waals surface area (Å²) in [4.78, 5) is 61.8. The molecule has 16 nitrogen and oxygen atoms in total. The Morgan fingerprint density at radius 2 is 1.24 bits per heavy atom. The number of benzene rings is 2. The summed E-state index contributed by atoms with van der Waals surface area (Å²) in [6.07, 6.45) is 1.21. The Balaban J connectivity index is 2.22. The fourth-order valence-corrected chi connectivity index (χ4v) is 4.86. The first-order valence-corrected chi connectivity index (χ1v) is 16.3. The molecule has 0 bridgehead atoms. The van der Waals surface area contributed by atoms with Crippen molar-refractivity contribution in [3.8, 4) is 0 Å². The fraction of sp³-hybridized carbons (Fsp3) is 0.441. The summed E-state index contributed by atoms with van der Waals surface area (Å²) < 4.78 is 0. The van der Waals surface area contributed by atoms with Crippen LogP contribution in [0.25, 0.3) is 0 Å². The molecule has 0 aromatic heterocycles. The predicted molar refractivity (Wildman–Crippen MR) is 195 cm³/mol. The first kappa shape index (κ1) is 40.5. The van der Waals surface area contributed by atoms with E-state index in [4.69, 9.17) is 34.1 Å². The quantitative estimate of drug-likeness (QED) is 0.0512. The van der Waals surface area contributed by atoms with Crippen LogP contribution in [-0.4, -0.2) is 72.6 Å². The van der Waals surface area contributed by atoms with Crippen LogP contribution >= 0.6 is 0 Å². The van der Waals surface area contributed by atoms with Crippen molar-refractivity contribution >= 4 is 41.4 Å². The molecule has 0 saturated heterocycles. The summed E-state index contributed by atoms with van der Waals surface area (Å²) in [5, 5.41) is 18.8. The lowest BCUT2D eigenvalue weighted by Gasteiger charge is -2.33. The Labute approximate surface area is 293 Å².